The van der Waals surface area contributed by atoms with Gasteiger partial charge in [-0.2, -0.15) is 0 Å². The summed E-state index contributed by atoms with van der Waals surface area (Å²) in [6.45, 7) is 6.14. The molecule has 174 valence electrons. The number of nitrogens with one attached hydrogen (secondary N) is 1. The van der Waals surface area contributed by atoms with Crippen LogP contribution in [0.15, 0.2) is 54.6 Å². The van der Waals surface area contributed by atoms with Crippen molar-refractivity contribution in [1.29, 1.82) is 0 Å². The third-order valence-corrected chi connectivity index (χ3v) is 6.16. The van der Waals surface area contributed by atoms with Crippen molar-refractivity contribution < 1.29 is 14.6 Å². The first-order valence-electron chi connectivity index (χ1n) is 12.0. The molecule has 0 atom stereocenters. The van der Waals surface area contributed by atoms with E-state index in [-0.39, 0.29) is 12.0 Å². The van der Waals surface area contributed by atoms with Crippen LogP contribution in [0.2, 0.25) is 0 Å². The highest BCUT2D eigenvalue weighted by atomic mass is 16.5. The molecule has 1 fully saturated rings. The number of aliphatic hydroxyl groups is 1. The largest absolute Gasteiger partial charge is 0.494 e. The van der Waals surface area contributed by atoms with Crippen molar-refractivity contribution in [3.05, 3.63) is 60.3 Å². The highest BCUT2D eigenvalue weighted by Crippen LogP contribution is 2.26. The molecule has 1 amide bonds. The van der Waals surface area contributed by atoms with Gasteiger partial charge in [0.15, 0.2) is 0 Å². The molecule has 3 aromatic rings. The molecule has 1 aromatic heterocycles. The number of hydrogen-bond donors (Lipinski definition) is 2. The predicted molar refractivity (Wildman–Crippen MR) is 132 cm³/mol. The molecule has 4 rings (SSSR count). The van der Waals surface area contributed by atoms with E-state index in [1.807, 2.05) is 61.5 Å². The maximum absolute atomic E-state index is 13.1. The van der Waals surface area contributed by atoms with Crippen LogP contribution in [0.5, 0.6) is 5.75 Å². The smallest absolute Gasteiger partial charge is 0.270 e. The number of aromatic nitrogens is 1. The molecular formula is C27H33N3O3. The molecular weight excluding hydrogens is 414 g/mol. The lowest BCUT2D eigenvalue weighted by Gasteiger charge is -2.29. The molecule has 33 heavy (non-hydrogen) atoms. The lowest BCUT2D eigenvalue weighted by molar-refractivity contribution is 0.0815. The van der Waals surface area contributed by atoms with Crippen molar-refractivity contribution in [2.45, 2.75) is 38.7 Å². The van der Waals surface area contributed by atoms with Gasteiger partial charge in [-0.3, -0.25) is 4.79 Å². The highest BCUT2D eigenvalue weighted by molar-refractivity contribution is 6.06. The molecule has 1 aliphatic rings. The number of ether oxygens (including phenoxy) is 1. The topological polar surface area (TPSA) is 74.7 Å². The number of carbonyl (C=O) groups is 1. The van der Waals surface area contributed by atoms with Gasteiger partial charge in [0.2, 0.25) is 0 Å². The van der Waals surface area contributed by atoms with E-state index in [0.717, 1.165) is 73.1 Å². The Hall–Kier alpha value is -2.96. The second kappa shape index (κ2) is 11.3. The molecule has 2 heterocycles. The first kappa shape index (κ1) is 23.2. The van der Waals surface area contributed by atoms with Gasteiger partial charge in [-0.1, -0.05) is 24.3 Å². The lowest BCUT2D eigenvalue weighted by Crippen LogP contribution is -2.36. The minimum Gasteiger partial charge on any atom is -0.494 e. The van der Waals surface area contributed by atoms with Crippen molar-refractivity contribution in [2.24, 2.45) is 0 Å². The standard InChI is InChI=1S/C27H33N3O3/c1-2-33-23-11-9-20(10-12-23)25-19-21-7-3-4-8-24(21)26(29-25)27(32)28-15-5-6-16-30-17-13-22(31)14-18-30/h3-4,7-12,19,22,31H,2,5-6,13-18H2,1H3,(H,28,32). The van der Waals surface area contributed by atoms with Crippen molar-refractivity contribution in [3.63, 3.8) is 0 Å². The number of fused-ring (bicyclic) bond motifs is 1. The van der Waals surface area contributed by atoms with Gasteiger partial charge in [0.1, 0.15) is 11.4 Å². The van der Waals surface area contributed by atoms with Crippen LogP contribution < -0.4 is 10.1 Å². The van der Waals surface area contributed by atoms with Gasteiger partial charge in [-0.25, -0.2) is 4.98 Å². The minimum atomic E-state index is -0.139. The van der Waals surface area contributed by atoms with E-state index < -0.39 is 0 Å². The van der Waals surface area contributed by atoms with Crippen molar-refractivity contribution in [2.75, 3.05) is 32.8 Å². The van der Waals surface area contributed by atoms with Crippen LogP contribution in [0.4, 0.5) is 0 Å². The number of pyridine rings is 1. The molecule has 6 heteroatoms. The number of likely N-dealkylation sites (tertiary alicyclic amines) is 1. The van der Waals surface area contributed by atoms with Crippen LogP contribution >= 0.6 is 0 Å². The van der Waals surface area contributed by atoms with Crippen LogP contribution in [0, 0.1) is 0 Å². The summed E-state index contributed by atoms with van der Waals surface area (Å²) in [7, 11) is 0. The number of amides is 1. The Labute approximate surface area is 195 Å². The van der Waals surface area contributed by atoms with Gasteiger partial charge in [0, 0.05) is 30.6 Å². The van der Waals surface area contributed by atoms with E-state index in [0.29, 0.717) is 18.8 Å². The average molecular weight is 448 g/mol. The van der Waals surface area contributed by atoms with Crippen LogP contribution in [-0.4, -0.2) is 59.8 Å². The van der Waals surface area contributed by atoms with Gasteiger partial charge in [-0.15, -0.1) is 0 Å². The molecule has 0 spiro atoms. The Bertz CT molecular complexity index is 1060. The quantitative estimate of drug-likeness (QED) is 0.479. The summed E-state index contributed by atoms with van der Waals surface area (Å²) in [4.78, 5) is 20.2. The summed E-state index contributed by atoms with van der Waals surface area (Å²) >= 11 is 0. The second-order valence-electron chi connectivity index (χ2n) is 8.57. The van der Waals surface area contributed by atoms with Crippen LogP contribution in [-0.2, 0) is 0 Å². The normalized spacial score (nSPS) is 15.0. The molecule has 0 unspecified atom stereocenters. The maximum atomic E-state index is 13.1. The summed E-state index contributed by atoms with van der Waals surface area (Å²) in [6, 6.07) is 17.7. The second-order valence-corrected chi connectivity index (χ2v) is 8.57. The number of unbranched alkanes of at least 4 members (excludes halogenated alkanes) is 1. The number of benzene rings is 2. The zero-order chi connectivity index (χ0) is 23.0. The first-order valence-corrected chi connectivity index (χ1v) is 12.0. The minimum absolute atomic E-state index is 0.138. The highest BCUT2D eigenvalue weighted by Gasteiger charge is 2.17. The summed E-state index contributed by atoms with van der Waals surface area (Å²) in [6.07, 6.45) is 3.53. The van der Waals surface area contributed by atoms with Gasteiger partial charge >= 0.3 is 0 Å². The summed E-state index contributed by atoms with van der Waals surface area (Å²) in [5.41, 5.74) is 2.18. The van der Waals surface area contributed by atoms with Gasteiger partial charge in [0.25, 0.3) is 5.91 Å². The Morgan fingerprint density at radius 3 is 2.64 bits per heavy atom. The summed E-state index contributed by atoms with van der Waals surface area (Å²) < 4.78 is 5.54. The van der Waals surface area contributed by atoms with E-state index in [4.69, 9.17) is 9.72 Å². The summed E-state index contributed by atoms with van der Waals surface area (Å²) in [5, 5.41) is 14.5. The predicted octanol–water partition coefficient (Wildman–Crippen LogP) is 4.27. The Kier molecular flexibility index (Phi) is 7.92. The van der Waals surface area contributed by atoms with E-state index >= 15 is 0 Å². The number of piperidine rings is 1. The molecule has 0 bridgehead atoms. The molecule has 0 saturated carbocycles. The summed E-state index contributed by atoms with van der Waals surface area (Å²) in [5.74, 6) is 0.681. The molecule has 6 nitrogen and oxygen atoms in total. The monoisotopic (exact) mass is 447 g/mol. The van der Waals surface area contributed by atoms with E-state index in [9.17, 15) is 9.90 Å². The SMILES string of the molecule is CCOc1ccc(-c2cc3ccccc3c(C(=O)NCCCCN3CCC(O)CC3)n2)cc1. The van der Waals surface area contributed by atoms with Gasteiger partial charge < -0.3 is 20.1 Å². The fraction of sp³-hybridized carbons (Fsp3) is 0.407. The maximum Gasteiger partial charge on any atom is 0.270 e. The number of hydrogen-bond acceptors (Lipinski definition) is 5. The molecule has 1 aliphatic heterocycles. The van der Waals surface area contributed by atoms with Crippen molar-refractivity contribution >= 4 is 16.7 Å². The van der Waals surface area contributed by atoms with E-state index in [1.165, 1.54) is 0 Å². The zero-order valence-corrected chi connectivity index (χ0v) is 19.3. The molecule has 2 N–H and O–H groups in total. The van der Waals surface area contributed by atoms with Crippen LogP contribution in [0.1, 0.15) is 43.1 Å². The fourth-order valence-electron chi connectivity index (χ4n) is 4.30. The molecule has 1 saturated heterocycles. The van der Waals surface area contributed by atoms with Gasteiger partial charge in [-0.05, 0) is 74.9 Å². The number of aliphatic hydroxyl groups excluding tert-OH is 1. The number of nitrogens with zero attached hydrogens (tertiary/aromatic N) is 2. The molecule has 0 radical (unpaired) electrons. The van der Waals surface area contributed by atoms with Gasteiger partial charge in [0.05, 0.1) is 18.4 Å². The third-order valence-electron chi connectivity index (χ3n) is 6.16. The van der Waals surface area contributed by atoms with Crippen LogP contribution in [0.25, 0.3) is 22.0 Å². The Morgan fingerprint density at radius 1 is 1.12 bits per heavy atom. The Morgan fingerprint density at radius 2 is 1.88 bits per heavy atom. The first-order chi connectivity index (χ1) is 16.1. The molecule has 2 aromatic carbocycles. The lowest BCUT2D eigenvalue weighted by atomic mass is 10.0. The average Bonchev–Trinajstić information content (AvgIpc) is 2.85. The Balaban J connectivity index is 1.41. The van der Waals surface area contributed by atoms with Crippen LogP contribution in [0.3, 0.4) is 0 Å². The fourth-order valence-corrected chi connectivity index (χ4v) is 4.30. The van der Waals surface area contributed by atoms with Crippen molar-refractivity contribution in [3.8, 4) is 17.0 Å². The molecule has 0 aliphatic carbocycles. The van der Waals surface area contributed by atoms with Crippen molar-refractivity contribution in [1.82, 2.24) is 15.2 Å². The zero-order valence-electron chi connectivity index (χ0n) is 19.3. The third kappa shape index (κ3) is 6.09. The number of rotatable bonds is 9. The van der Waals surface area contributed by atoms with E-state index in [1.54, 1.807) is 0 Å². The number of carbonyl (C=O) groups excluding carboxylic acids is 1. The van der Waals surface area contributed by atoms with E-state index in [2.05, 4.69) is 10.2 Å².